The summed E-state index contributed by atoms with van der Waals surface area (Å²) in [5.74, 6) is 0.796. The summed E-state index contributed by atoms with van der Waals surface area (Å²) in [6, 6.07) is 7.93. The van der Waals surface area contributed by atoms with Gasteiger partial charge >= 0.3 is 0 Å². The maximum Gasteiger partial charge on any atom is 0.166 e. The number of para-hydroxylation sites is 2. The van der Waals surface area contributed by atoms with Crippen LogP contribution < -0.4 is 5.73 Å². The normalized spacial score (nSPS) is 15.0. The molecule has 1 unspecified atom stereocenters. The van der Waals surface area contributed by atoms with Crippen LogP contribution in [0.4, 0.5) is 0 Å². The summed E-state index contributed by atoms with van der Waals surface area (Å²) < 4.78 is 0. The van der Waals surface area contributed by atoms with Gasteiger partial charge in [0.2, 0.25) is 0 Å². The van der Waals surface area contributed by atoms with Crippen LogP contribution >= 0.6 is 11.8 Å². The molecule has 2 aromatic rings. The van der Waals surface area contributed by atoms with Crippen LogP contribution in [0.1, 0.15) is 13.3 Å². The van der Waals surface area contributed by atoms with E-state index in [0.717, 1.165) is 21.9 Å². The summed E-state index contributed by atoms with van der Waals surface area (Å²) in [4.78, 5) is 7.69. The zero-order valence-corrected chi connectivity index (χ0v) is 10.6. The summed E-state index contributed by atoms with van der Waals surface area (Å²) >= 11 is 1.61. The summed E-state index contributed by atoms with van der Waals surface area (Å²) in [7, 11) is 0. The Morgan fingerprint density at radius 3 is 2.94 bits per heavy atom. The molecule has 0 saturated carbocycles. The molecule has 92 valence electrons. The van der Waals surface area contributed by atoms with Crippen LogP contribution in [0, 0.1) is 0 Å². The first-order valence-corrected chi connectivity index (χ1v) is 6.59. The Kier molecular flexibility index (Phi) is 3.71. The van der Waals surface area contributed by atoms with E-state index in [9.17, 15) is 5.11 Å². The van der Waals surface area contributed by atoms with E-state index in [0.29, 0.717) is 6.42 Å². The van der Waals surface area contributed by atoms with Gasteiger partial charge in [-0.2, -0.15) is 0 Å². The molecule has 5 heteroatoms. The minimum atomic E-state index is -0.779. The molecule has 0 fully saturated rings. The van der Waals surface area contributed by atoms with E-state index in [4.69, 9.17) is 5.73 Å². The Bertz CT molecular complexity index is 462. The van der Waals surface area contributed by atoms with Crippen LogP contribution in [-0.2, 0) is 0 Å². The Balaban J connectivity index is 1.95. The third-order valence-electron chi connectivity index (χ3n) is 2.69. The van der Waals surface area contributed by atoms with Crippen molar-refractivity contribution in [1.82, 2.24) is 9.97 Å². The molecule has 0 aliphatic rings. The average molecular weight is 251 g/mol. The summed E-state index contributed by atoms with van der Waals surface area (Å²) in [6.45, 7) is 2.04. The fraction of sp³-hybridized carbons (Fsp3) is 0.417. The lowest BCUT2D eigenvalue weighted by molar-refractivity contribution is 0.0665. The molecule has 4 N–H and O–H groups in total. The van der Waals surface area contributed by atoms with Crippen LogP contribution in [0.15, 0.2) is 29.4 Å². The van der Waals surface area contributed by atoms with Gasteiger partial charge in [-0.15, -0.1) is 0 Å². The van der Waals surface area contributed by atoms with Crippen LogP contribution in [0.3, 0.4) is 0 Å². The van der Waals surface area contributed by atoms with Crippen molar-refractivity contribution in [1.29, 1.82) is 0 Å². The first-order chi connectivity index (χ1) is 8.11. The maximum atomic E-state index is 9.77. The molecule has 1 heterocycles. The molecule has 1 aromatic heterocycles. The summed E-state index contributed by atoms with van der Waals surface area (Å²) in [5, 5.41) is 10.7. The van der Waals surface area contributed by atoms with Crippen molar-refractivity contribution in [3.63, 3.8) is 0 Å². The number of nitrogens with zero attached hydrogens (tertiary/aromatic N) is 1. The molecule has 0 amide bonds. The van der Waals surface area contributed by atoms with Gasteiger partial charge in [-0.25, -0.2) is 4.98 Å². The monoisotopic (exact) mass is 251 g/mol. The Labute approximate surface area is 105 Å². The van der Waals surface area contributed by atoms with Gasteiger partial charge in [0.1, 0.15) is 0 Å². The van der Waals surface area contributed by atoms with Crippen molar-refractivity contribution >= 4 is 22.8 Å². The van der Waals surface area contributed by atoms with Gasteiger partial charge in [0.15, 0.2) is 5.16 Å². The molecule has 0 bridgehead atoms. The van der Waals surface area contributed by atoms with E-state index < -0.39 is 5.60 Å². The molecule has 0 aliphatic heterocycles. The number of aromatic amines is 1. The van der Waals surface area contributed by atoms with Crippen molar-refractivity contribution in [3.8, 4) is 0 Å². The number of nitrogens with two attached hydrogens (primary N) is 1. The van der Waals surface area contributed by atoms with Gasteiger partial charge in [0.05, 0.1) is 16.6 Å². The molecule has 0 saturated heterocycles. The number of benzene rings is 1. The number of hydrogen-bond donors (Lipinski definition) is 3. The minimum absolute atomic E-state index is 0.285. The molecular formula is C12H17N3OS. The van der Waals surface area contributed by atoms with Crippen molar-refractivity contribution in [2.75, 3.05) is 12.3 Å². The molecule has 0 spiro atoms. The highest BCUT2D eigenvalue weighted by atomic mass is 32.2. The number of H-pyrrole nitrogens is 1. The Morgan fingerprint density at radius 1 is 1.47 bits per heavy atom. The number of fused-ring (bicyclic) bond motifs is 1. The zero-order chi connectivity index (χ0) is 12.3. The van der Waals surface area contributed by atoms with Gasteiger partial charge in [-0.1, -0.05) is 23.9 Å². The van der Waals surface area contributed by atoms with Gasteiger partial charge in [0, 0.05) is 12.3 Å². The van der Waals surface area contributed by atoms with E-state index in [-0.39, 0.29) is 6.54 Å². The third-order valence-corrected chi connectivity index (χ3v) is 3.56. The van der Waals surface area contributed by atoms with Crippen molar-refractivity contribution in [2.45, 2.75) is 24.1 Å². The predicted molar refractivity (Wildman–Crippen MR) is 71.1 cm³/mol. The van der Waals surface area contributed by atoms with Crippen LogP contribution in [0.5, 0.6) is 0 Å². The number of imidazole rings is 1. The SMILES string of the molecule is CC(O)(CN)CCSc1nc2ccccc2[nH]1. The molecule has 0 aliphatic carbocycles. The standard InChI is InChI=1S/C12H17N3OS/c1-12(16,8-13)6-7-17-11-14-9-4-2-3-5-10(9)15-11/h2-5,16H,6-8,13H2,1H3,(H,14,15). The van der Waals surface area contributed by atoms with Crippen LogP contribution in [0.25, 0.3) is 11.0 Å². The second-order valence-electron chi connectivity index (χ2n) is 4.36. The summed E-state index contributed by atoms with van der Waals surface area (Å²) in [5.41, 5.74) is 6.70. The molecule has 1 atom stereocenters. The van der Waals surface area contributed by atoms with Gasteiger partial charge in [-0.3, -0.25) is 0 Å². The molecule has 1 aromatic carbocycles. The largest absolute Gasteiger partial charge is 0.389 e. The number of aliphatic hydroxyl groups is 1. The first kappa shape index (κ1) is 12.4. The van der Waals surface area contributed by atoms with Gasteiger partial charge in [0.25, 0.3) is 0 Å². The molecule has 4 nitrogen and oxygen atoms in total. The van der Waals surface area contributed by atoms with Crippen molar-refractivity contribution < 1.29 is 5.11 Å². The highest BCUT2D eigenvalue weighted by Crippen LogP contribution is 2.21. The quantitative estimate of drug-likeness (QED) is 0.708. The van der Waals surface area contributed by atoms with Crippen molar-refractivity contribution in [2.24, 2.45) is 5.73 Å². The molecule has 0 radical (unpaired) electrons. The first-order valence-electron chi connectivity index (χ1n) is 5.61. The lowest BCUT2D eigenvalue weighted by atomic mass is 10.1. The average Bonchev–Trinajstić information content (AvgIpc) is 2.71. The Morgan fingerprint density at radius 2 is 2.24 bits per heavy atom. The third kappa shape index (κ3) is 3.21. The lowest BCUT2D eigenvalue weighted by Gasteiger charge is -2.19. The highest BCUT2D eigenvalue weighted by Gasteiger charge is 2.17. The van der Waals surface area contributed by atoms with Crippen molar-refractivity contribution in [3.05, 3.63) is 24.3 Å². The number of thioether (sulfide) groups is 1. The fourth-order valence-corrected chi connectivity index (χ4v) is 2.55. The molecule has 17 heavy (non-hydrogen) atoms. The number of hydrogen-bond acceptors (Lipinski definition) is 4. The van der Waals surface area contributed by atoms with E-state index in [2.05, 4.69) is 9.97 Å². The summed E-state index contributed by atoms with van der Waals surface area (Å²) in [6.07, 6.45) is 0.658. The van der Waals surface area contributed by atoms with Crippen LogP contribution in [0.2, 0.25) is 0 Å². The maximum absolute atomic E-state index is 9.77. The number of rotatable bonds is 5. The number of nitrogens with one attached hydrogen (secondary N) is 1. The molecule has 2 rings (SSSR count). The molecular weight excluding hydrogens is 234 g/mol. The Hall–Kier alpha value is -1.04. The number of aromatic nitrogens is 2. The van der Waals surface area contributed by atoms with E-state index in [1.54, 1.807) is 18.7 Å². The predicted octanol–water partition coefficient (Wildman–Crippen LogP) is 1.75. The zero-order valence-electron chi connectivity index (χ0n) is 9.81. The van der Waals surface area contributed by atoms with E-state index in [1.807, 2.05) is 24.3 Å². The second-order valence-corrected chi connectivity index (χ2v) is 5.44. The van der Waals surface area contributed by atoms with Crippen LogP contribution in [-0.4, -0.2) is 33.0 Å². The second kappa shape index (κ2) is 5.08. The topological polar surface area (TPSA) is 74.9 Å². The van der Waals surface area contributed by atoms with E-state index in [1.165, 1.54) is 0 Å². The van der Waals surface area contributed by atoms with Gasteiger partial charge in [-0.05, 0) is 25.5 Å². The highest BCUT2D eigenvalue weighted by molar-refractivity contribution is 7.99. The fourth-order valence-electron chi connectivity index (χ4n) is 1.47. The lowest BCUT2D eigenvalue weighted by Crippen LogP contribution is -2.34. The smallest absolute Gasteiger partial charge is 0.166 e. The minimum Gasteiger partial charge on any atom is -0.389 e. The van der Waals surface area contributed by atoms with Gasteiger partial charge < -0.3 is 15.8 Å². The van der Waals surface area contributed by atoms with E-state index >= 15 is 0 Å².